The minimum absolute atomic E-state index is 0.226. The fraction of sp³-hybridized carbons (Fsp3) is 0.571. The maximum Gasteiger partial charge on any atom is 0.162 e. The molecule has 1 heterocycles. The largest absolute Gasteiger partial charge is 0.377 e. The summed E-state index contributed by atoms with van der Waals surface area (Å²) in [6.07, 6.45) is 0. The summed E-state index contributed by atoms with van der Waals surface area (Å²) in [6.45, 7) is 9.47. The Labute approximate surface area is 103 Å². The van der Waals surface area contributed by atoms with Crippen molar-refractivity contribution >= 4 is 5.69 Å². The number of hydrogen-bond donors (Lipinski definition) is 1. The third-order valence-corrected chi connectivity index (χ3v) is 3.01. The minimum atomic E-state index is -0.444. The van der Waals surface area contributed by atoms with E-state index in [4.69, 9.17) is 9.47 Å². The molecule has 0 radical (unpaired) electrons. The van der Waals surface area contributed by atoms with E-state index in [0.717, 1.165) is 5.69 Å². The lowest BCUT2D eigenvalue weighted by molar-refractivity contribution is -0.247. The van der Waals surface area contributed by atoms with Crippen LogP contribution in [-0.2, 0) is 9.47 Å². The van der Waals surface area contributed by atoms with Gasteiger partial charge in [0.2, 0.25) is 0 Å². The van der Waals surface area contributed by atoms with Crippen molar-refractivity contribution in [1.29, 1.82) is 0 Å². The first-order valence-electron chi connectivity index (χ1n) is 6.08. The van der Waals surface area contributed by atoms with Crippen LogP contribution in [0.4, 0.5) is 5.69 Å². The molecule has 0 saturated carbocycles. The highest BCUT2D eigenvalue weighted by Gasteiger charge is 2.28. The molecule has 0 unspecified atom stereocenters. The van der Waals surface area contributed by atoms with Crippen molar-refractivity contribution in [2.75, 3.05) is 18.5 Å². The van der Waals surface area contributed by atoms with Crippen LogP contribution in [0.3, 0.4) is 0 Å². The molecule has 1 aromatic rings. The molecule has 0 spiro atoms. The smallest absolute Gasteiger partial charge is 0.162 e. The van der Waals surface area contributed by atoms with Crippen molar-refractivity contribution in [3.05, 3.63) is 29.3 Å². The summed E-state index contributed by atoms with van der Waals surface area (Å²) in [7, 11) is 0. The number of ether oxygens (including phenoxy) is 2. The Morgan fingerprint density at radius 3 is 2.41 bits per heavy atom. The van der Waals surface area contributed by atoms with E-state index in [9.17, 15) is 0 Å². The van der Waals surface area contributed by atoms with Crippen molar-refractivity contribution in [3.63, 3.8) is 0 Å². The first kappa shape index (κ1) is 12.4. The van der Waals surface area contributed by atoms with Gasteiger partial charge in [-0.05, 0) is 39.3 Å². The van der Waals surface area contributed by atoms with Crippen LogP contribution in [-0.4, -0.2) is 25.0 Å². The molecule has 3 heteroatoms. The summed E-state index contributed by atoms with van der Waals surface area (Å²) in [6, 6.07) is 6.63. The molecule has 94 valence electrons. The van der Waals surface area contributed by atoms with E-state index in [1.54, 1.807) is 0 Å². The monoisotopic (exact) mass is 235 g/mol. The normalized spacial score (nSPS) is 20.2. The molecule has 0 amide bonds. The lowest BCUT2D eigenvalue weighted by atomic mass is 10.1. The molecule has 1 aliphatic rings. The molecule has 0 aliphatic carbocycles. The zero-order valence-corrected chi connectivity index (χ0v) is 11.0. The van der Waals surface area contributed by atoms with Gasteiger partial charge in [0.1, 0.15) is 0 Å². The lowest BCUT2D eigenvalue weighted by Crippen LogP contribution is -2.45. The minimum Gasteiger partial charge on any atom is -0.377 e. The van der Waals surface area contributed by atoms with Crippen LogP contribution < -0.4 is 5.32 Å². The Hall–Kier alpha value is -1.06. The van der Waals surface area contributed by atoms with E-state index in [0.29, 0.717) is 13.2 Å². The second-order valence-electron chi connectivity index (χ2n) is 5.18. The fourth-order valence-electron chi connectivity index (χ4n) is 1.97. The second kappa shape index (κ2) is 4.67. The molecule has 0 bridgehead atoms. The fourth-order valence-corrected chi connectivity index (χ4v) is 1.97. The molecule has 0 atom stereocenters. The number of rotatable bonds is 2. The predicted molar refractivity (Wildman–Crippen MR) is 69.3 cm³/mol. The Morgan fingerprint density at radius 1 is 1.18 bits per heavy atom. The summed E-state index contributed by atoms with van der Waals surface area (Å²) in [5.74, 6) is -0.444. The van der Waals surface area contributed by atoms with Crippen molar-refractivity contribution in [2.45, 2.75) is 39.5 Å². The zero-order chi connectivity index (χ0) is 12.5. The molecule has 2 rings (SSSR count). The SMILES string of the molecule is Cc1ccc(NC2COC(C)(C)OC2)c(C)c1. The Kier molecular flexibility index (Phi) is 3.40. The number of nitrogens with one attached hydrogen (secondary N) is 1. The van der Waals surface area contributed by atoms with Crippen LogP contribution in [0.2, 0.25) is 0 Å². The zero-order valence-electron chi connectivity index (χ0n) is 11.0. The molecular formula is C14H21NO2. The third kappa shape index (κ3) is 3.20. The van der Waals surface area contributed by atoms with Gasteiger partial charge in [-0.25, -0.2) is 0 Å². The molecule has 17 heavy (non-hydrogen) atoms. The number of benzene rings is 1. The average molecular weight is 235 g/mol. The summed E-state index contributed by atoms with van der Waals surface area (Å²) in [5, 5.41) is 3.46. The van der Waals surface area contributed by atoms with Crippen LogP contribution in [0, 0.1) is 13.8 Å². The Morgan fingerprint density at radius 2 is 1.82 bits per heavy atom. The summed E-state index contributed by atoms with van der Waals surface area (Å²) >= 11 is 0. The van der Waals surface area contributed by atoms with E-state index >= 15 is 0 Å². The lowest BCUT2D eigenvalue weighted by Gasteiger charge is -2.35. The molecule has 0 aromatic heterocycles. The van der Waals surface area contributed by atoms with E-state index in [1.165, 1.54) is 11.1 Å². The Balaban J connectivity index is 1.98. The van der Waals surface area contributed by atoms with E-state index in [2.05, 4.69) is 37.4 Å². The molecule has 1 N–H and O–H groups in total. The van der Waals surface area contributed by atoms with Crippen molar-refractivity contribution in [2.24, 2.45) is 0 Å². The highest BCUT2D eigenvalue weighted by molar-refractivity contribution is 5.52. The molecule has 1 aromatic carbocycles. The van der Waals surface area contributed by atoms with Crippen LogP contribution in [0.15, 0.2) is 18.2 Å². The first-order valence-corrected chi connectivity index (χ1v) is 6.08. The van der Waals surface area contributed by atoms with Crippen LogP contribution in [0.25, 0.3) is 0 Å². The molecule has 1 saturated heterocycles. The van der Waals surface area contributed by atoms with Gasteiger partial charge in [0.25, 0.3) is 0 Å². The van der Waals surface area contributed by atoms with Crippen molar-refractivity contribution < 1.29 is 9.47 Å². The van der Waals surface area contributed by atoms with Crippen LogP contribution in [0.1, 0.15) is 25.0 Å². The van der Waals surface area contributed by atoms with Crippen LogP contribution in [0.5, 0.6) is 0 Å². The maximum atomic E-state index is 5.63. The third-order valence-electron chi connectivity index (χ3n) is 3.01. The summed E-state index contributed by atoms with van der Waals surface area (Å²) in [5.41, 5.74) is 3.70. The van der Waals surface area contributed by atoms with E-state index in [1.807, 2.05) is 13.8 Å². The van der Waals surface area contributed by atoms with Gasteiger partial charge < -0.3 is 14.8 Å². The van der Waals surface area contributed by atoms with E-state index in [-0.39, 0.29) is 6.04 Å². The van der Waals surface area contributed by atoms with Gasteiger partial charge in [-0.15, -0.1) is 0 Å². The number of anilines is 1. The van der Waals surface area contributed by atoms with Crippen molar-refractivity contribution in [1.82, 2.24) is 0 Å². The first-order chi connectivity index (χ1) is 7.96. The summed E-state index contributed by atoms with van der Waals surface area (Å²) in [4.78, 5) is 0. The second-order valence-corrected chi connectivity index (χ2v) is 5.18. The van der Waals surface area contributed by atoms with Gasteiger partial charge in [0.05, 0.1) is 19.3 Å². The molecule has 3 nitrogen and oxygen atoms in total. The average Bonchev–Trinajstić information content (AvgIpc) is 2.25. The van der Waals surface area contributed by atoms with Gasteiger partial charge in [-0.2, -0.15) is 0 Å². The van der Waals surface area contributed by atoms with Gasteiger partial charge >= 0.3 is 0 Å². The van der Waals surface area contributed by atoms with Gasteiger partial charge in [-0.1, -0.05) is 17.7 Å². The summed E-state index contributed by atoms with van der Waals surface area (Å²) < 4.78 is 11.3. The standard InChI is InChI=1S/C14H21NO2/c1-10-5-6-13(11(2)7-10)15-12-8-16-14(3,4)17-9-12/h5-7,12,15H,8-9H2,1-4H3. The van der Waals surface area contributed by atoms with Crippen LogP contribution >= 0.6 is 0 Å². The van der Waals surface area contributed by atoms with Gasteiger partial charge in [-0.3, -0.25) is 0 Å². The van der Waals surface area contributed by atoms with E-state index < -0.39 is 5.79 Å². The maximum absolute atomic E-state index is 5.63. The quantitative estimate of drug-likeness (QED) is 0.855. The highest BCUT2D eigenvalue weighted by Crippen LogP contribution is 2.21. The molecule has 1 fully saturated rings. The topological polar surface area (TPSA) is 30.5 Å². The van der Waals surface area contributed by atoms with Crippen molar-refractivity contribution in [3.8, 4) is 0 Å². The molecular weight excluding hydrogens is 214 g/mol. The predicted octanol–water partition coefficient (Wildman–Crippen LogP) is 2.87. The Bertz CT molecular complexity index is 391. The van der Waals surface area contributed by atoms with Gasteiger partial charge in [0.15, 0.2) is 5.79 Å². The highest BCUT2D eigenvalue weighted by atomic mass is 16.7. The number of aryl methyl sites for hydroxylation is 2. The number of hydrogen-bond acceptors (Lipinski definition) is 3. The van der Waals surface area contributed by atoms with Gasteiger partial charge in [0, 0.05) is 5.69 Å². The molecule has 1 aliphatic heterocycles.